The number of carbonyl (C=O) groups excluding carboxylic acids is 1. The molecule has 3 aromatic rings. The standard InChI is InChI=1S/C36H42F2N4O4/c1-21(33(43)44)32-28(18-42(2)41-32)23-10-13-30(27(16-23)26-8-4-9-29(37)31(26)22-6-3-7-22)46-25-12-11-24(17-25)40-34(45)36(38)19-35(39-20-36)14-5-15-35/h4,8-10,13,16,18,21-22,24-25,39H,3,5-7,11-12,14-15,17,19-20H2,1-2H3,(H,40,45)(H,43,44)/t21-,24+,25+,36+/m0/s1. The van der Waals surface area contributed by atoms with E-state index in [1.807, 2.05) is 24.3 Å². The van der Waals surface area contributed by atoms with E-state index in [4.69, 9.17) is 4.74 Å². The molecule has 2 aromatic carbocycles. The Balaban J connectivity index is 1.16. The number of amides is 1. The van der Waals surface area contributed by atoms with Gasteiger partial charge in [0, 0.05) is 55.3 Å². The number of aliphatic carboxylic acids is 1. The van der Waals surface area contributed by atoms with Gasteiger partial charge < -0.3 is 20.5 Å². The van der Waals surface area contributed by atoms with Gasteiger partial charge in [-0.2, -0.15) is 5.10 Å². The molecular formula is C36H42F2N4O4. The molecule has 1 aromatic heterocycles. The summed E-state index contributed by atoms with van der Waals surface area (Å²) in [7, 11) is 1.76. The highest BCUT2D eigenvalue weighted by Gasteiger charge is 2.55. The molecule has 4 atom stereocenters. The number of aryl methyl sites for hydroxylation is 1. The van der Waals surface area contributed by atoms with E-state index in [-0.39, 0.29) is 42.4 Å². The van der Waals surface area contributed by atoms with Crippen molar-refractivity contribution in [3.8, 4) is 28.0 Å². The second-order valence-electron chi connectivity index (χ2n) is 14.1. The molecule has 46 heavy (non-hydrogen) atoms. The molecule has 1 amide bonds. The molecule has 0 unspecified atom stereocenters. The molecule has 1 aliphatic heterocycles. The van der Waals surface area contributed by atoms with Gasteiger partial charge in [0.05, 0.1) is 11.6 Å². The summed E-state index contributed by atoms with van der Waals surface area (Å²) in [5.41, 5.74) is 1.99. The zero-order valence-electron chi connectivity index (χ0n) is 26.5. The van der Waals surface area contributed by atoms with Crippen molar-refractivity contribution in [2.45, 2.75) is 106 Å². The van der Waals surface area contributed by atoms with Crippen LogP contribution in [0.15, 0.2) is 42.6 Å². The molecule has 0 bridgehead atoms. The van der Waals surface area contributed by atoms with Gasteiger partial charge in [0.15, 0.2) is 0 Å². The van der Waals surface area contributed by atoms with Crippen molar-refractivity contribution in [3.05, 3.63) is 59.7 Å². The first-order valence-corrected chi connectivity index (χ1v) is 16.7. The minimum Gasteiger partial charge on any atom is -0.490 e. The van der Waals surface area contributed by atoms with E-state index >= 15 is 8.78 Å². The average molecular weight is 633 g/mol. The highest BCUT2D eigenvalue weighted by atomic mass is 19.1. The quantitative estimate of drug-likeness (QED) is 0.253. The number of rotatable bonds is 9. The van der Waals surface area contributed by atoms with E-state index in [0.29, 0.717) is 41.8 Å². The summed E-state index contributed by atoms with van der Waals surface area (Å²) in [6.07, 6.45) is 9.53. The number of benzene rings is 2. The van der Waals surface area contributed by atoms with Crippen LogP contribution in [0.25, 0.3) is 22.3 Å². The van der Waals surface area contributed by atoms with Gasteiger partial charge in [0.1, 0.15) is 17.7 Å². The average Bonchev–Trinajstić information content (AvgIpc) is 3.70. The Labute approximate surface area is 267 Å². The Morgan fingerprint density at radius 1 is 1.11 bits per heavy atom. The summed E-state index contributed by atoms with van der Waals surface area (Å²) in [4.78, 5) is 25.0. The molecule has 10 heteroatoms. The number of alkyl halides is 1. The molecule has 2 heterocycles. The third-order valence-electron chi connectivity index (χ3n) is 10.9. The molecule has 0 radical (unpaired) electrons. The number of carboxylic acid groups (broad SMARTS) is 1. The normalized spacial score (nSPS) is 26.0. The number of halogens is 2. The van der Waals surface area contributed by atoms with E-state index in [1.54, 1.807) is 30.9 Å². The summed E-state index contributed by atoms with van der Waals surface area (Å²) in [5, 5.41) is 20.4. The monoisotopic (exact) mass is 632 g/mol. The molecule has 3 N–H and O–H groups in total. The molecule has 3 aliphatic carbocycles. The molecule has 4 aliphatic rings. The first-order valence-electron chi connectivity index (χ1n) is 16.7. The molecule has 244 valence electrons. The minimum absolute atomic E-state index is 0.0576. The van der Waals surface area contributed by atoms with Gasteiger partial charge in [0.2, 0.25) is 5.67 Å². The van der Waals surface area contributed by atoms with Gasteiger partial charge in [0.25, 0.3) is 5.91 Å². The van der Waals surface area contributed by atoms with Crippen LogP contribution in [0.5, 0.6) is 5.75 Å². The van der Waals surface area contributed by atoms with Gasteiger partial charge in [-0.15, -0.1) is 0 Å². The summed E-state index contributed by atoms with van der Waals surface area (Å²) in [5.74, 6) is -1.84. The van der Waals surface area contributed by atoms with Crippen molar-refractivity contribution in [2.75, 3.05) is 6.54 Å². The third kappa shape index (κ3) is 5.58. The summed E-state index contributed by atoms with van der Waals surface area (Å²) < 4.78 is 39.3. The lowest BCUT2D eigenvalue weighted by Crippen LogP contribution is -2.49. The SMILES string of the molecule is C[C@H](C(=O)O)c1nn(C)cc1-c1ccc(O[C@@H]2CC[C@@H](NC(=O)[C@]3(F)CNC4(CCC4)C3)C2)c(-c2cccc(F)c2C2CCC2)c1. The Hall–Kier alpha value is -3.79. The number of nitrogens with zero attached hydrogens (tertiary/aromatic N) is 2. The topological polar surface area (TPSA) is 105 Å². The number of carboxylic acids is 1. The molecule has 7 rings (SSSR count). The largest absolute Gasteiger partial charge is 0.490 e. The molecule has 8 nitrogen and oxygen atoms in total. The lowest BCUT2D eigenvalue weighted by molar-refractivity contribution is -0.138. The second kappa shape index (κ2) is 11.8. The summed E-state index contributed by atoms with van der Waals surface area (Å²) in [6, 6.07) is 10.7. The maximum absolute atomic E-state index is 15.7. The third-order valence-corrected chi connectivity index (χ3v) is 10.9. The molecule has 1 spiro atoms. The molecule has 4 fully saturated rings. The second-order valence-corrected chi connectivity index (χ2v) is 14.1. The first-order chi connectivity index (χ1) is 22.0. The van der Waals surface area contributed by atoms with Gasteiger partial charge in [-0.3, -0.25) is 14.3 Å². The Morgan fingerprint density at radius 3 is 2.59 bits per heavy atom. The van der Waals surface area contributed by atoms with Crippen molar-refractivity contribution >= 4 is 11.9 Å². The van der Waals surface area contributed by atoms with Crippen molar-refractivity contribution in [1.82, 2.24) is 20.4 Å². The zero-order chi connectivity index (χ0) is 32.2. The van der Waals surface area contributed by atoms with E-state index in [9.17, 15) is 14.7 Å². The molecule has 1 saturated heterocycles. The van der Waals surface area contributed by atoms with Crippen LogP contribution in [0, 0.1) is 5.82 Å². The predicted molar refractivity (Wildman–Crippen MR) is 170 cm³/mol. The van der Waals surface area contributed by atoms with Crippen molar-refractivity contribution in [2.24, 2.45) is 7.05 Å². The van der Waals surface area contributed by atoms with E-state index in [2.05, 4.69) is 15.7 Å². The van der Waals surface area contributed by atoms with Crippen LogP contribution in [-0.2, 0) is 16.6 Å². The van der Waals surface area contributed by atoms with Crippen LogP contribution >= 0.6 is 0 Å². The predicted octanol–water partition coefficient (Wildman–Crippen LogP) is 6.39. The fraction of sp³-hybridized carbons (Fsp3) is 0.528. The number of ether oxygens (including phenoxy) is 1. The first kappa shape index (κ1) is 30.8. The summed E-state index contributed by atoms with van der Waals surface area (Å²) in [6.45, 7) is 1.67. The number of hydrogen-bond donors (Lipinski definition) is 3. The van der Waals surface area contributed by atoms with E-state index in [0.717, 1.165) is 55.2 Å². The highest BCUT2D eigenvalue weighted by molar-refractivity contribution is 5.86. The number of carbonyl (C=O) groups is 2. The van der Waals surface area contributed by atoms with Crippen molar-refractivity contribution < 1.29 is 28.2 Å². The minimum atomic E-state index is -1.89. The van der Waals surface area contributed by atoms with Gasteiger partial charge in [-0.25, -0.2) is 8.78 Å². The molecule has 3 saturated carbocycles. The van der Waals surface area contributed by atoms with Crippen LogP contribution in [0.3, 0.4) is 0 Å². The highest BCUT2D eigenvalue weighted by Crippen LogP contribution is 2.47. The Kier molecular flexibility index (Phi) is 7.90. The number of hydrogen-bond acceptors (Lipinski definition) is 5. The maximum Gasteiger partial charge on any atom is 0.312 e. The van der Waals surface area contributed by atoms with Crippen molar-refractivity contribution in [1.29, 1.82) is 0 Å². The van der Waals surface area contributed by atoms with E-state index < -0.39 is 23.5 Å². The number of aromatic nitrogens is 2. The fourth-order valence-electron chi connectivity index (χ4n) is 7.84. The van der Waals surface area contributed by atoms with Gasteiger partial charge in [-0.1, -0.05) is 24.6 Å². The maximum atomic E-state index is 15.7. The van der Waals surface area contributed by atoms with Crippen molar-refractivity contribution in [3.63, 3.8) is 0 Å². The number of nitrogens with one attached hydrogen (secondary N) is 2. The van der Waals surface area contributed by atoms with Gasteiger partial charge >= 0.3 is 5.97 Å². The summed E-state index contributed by atoms with van der Waals surface area (Å²) >= 11 is 0. The van der Waals surface area contributed by atoms with Crippen LogP contribution in [0.2, 0.25) is 0 Å². The van der Waals surface area contributed by atoms with Crippen LogP contribution < -0.4 is 15.4 Å². The Morgan fingerprint density at radius 2 is 1.91 bits per heavy atom. The van der Waals surface area contributed by atoms with Gasteiger partial charge in [-0.05, 0) is 92.7 Å². The van der Waals surface area contributed by atoms with Crippen LogP contribution in [-0.4, -0.2) is 56.7 Å². The van der Waals surface area contributed by atoms with Crippen LogP contribution in [0.1, 0.15) is 94.2 Å². The smallest absolute Gasteiger partial charge is 0.312 e. The Bertz CT molecular complexity index is 1670. The van der Waals surface area contributed by atoms with E-state index in [1.165, 1.54) is 6.07 Å². The lowest BCUT2D eigenvalue weighted by atomic mass is 9.74. The van der Waals surface area contributed by atoms with Crippen LogP contribution in [0.4, 0.5) is 8.78 Å². The fourth-order valence-corrected chi connectivity index (χ4v) is 7.84. The lowest BCUT2D eigenvalue weighted by Gasteiger charge is -2.38. The zero-order valence-corrected chi connectivity index (χ0v) is 26.5. The molecular weight excluding hydrogens is 590 g/mol.